The Labute approximate surface area is 161 Å². The minimum absolute atomic E-state index is 0.0348. The van der Waals surface area contributed by atoms with E-state index in [1.807, 2.05) is 23.1 Å². The third-order valence-electron chi connectivity index (χ3n) is 4.99. The van der Waals surface area contributed by atoms with Gasteiger partial charge in [-0.15, -0.1) is 11.3 Å². The molecule has 0 radical (unpaired) electrons. The molecule has 1 aliphatic heterocycles. The number of rotatable bonds is 4. The molecule has 0 spiro atoms. The van der Waals surface area contributed by atoms with Gasteiger partial charge in [0.2, 0.25) is 0 Å². The van der Waals surface area contributed by atoms with Crippen molar-refractivity contribution in [3.05, 3.63) is 47.2 Å². The molecule has 8 heteroatoms. The third kappa shape index (κ3) is 3.71. The Morgan fingerprint density at radius 1 is 1.33 bits per heavy atom. The van der Waals surface area contributed by atoms with Gasteiger partial charge in [0.15, 0.2) is 0 Å². The summed E-state index contributed by atoms with van der Waals surface area (Å²) < 4.78 is 2.64. The molecule has 3 heterocycles. The largest absolute Gasteiger partial charge is 0.350 e. The number of benzene rings is 1. The first-order valence-electron chi connectivity index (χ1n) is 9.00. The molecule has 0 saturated carbocycles. The van der Waals surface area contributed by atoms with Gasteiger partial charge in [0, 0.05) is 38.4 Å². The Balaban J connectivity index is 1.38. The first-order valence-corrected chi connectivity index (χ1v) is 9.88. The number of likely N-dealkylation sites (tertiary alicyclic amines) is 1. The zero-order chi connectivity index (χ0) is 18.8. The minimum Gasteiger partial charge on any atom is -0.350 e. The van der Waals surface area contributed by atoms with E-state index in [2.05, 4.69) is 15.4 Å². The number of hydrogen-bond acceptors (Lipinski definition) is 5. The van der Waals surface area contributed by atoms with Gasteiger partial charge in [0.25, 0.3) is 11.8 Å². The quantitative estimate of drug-likeness (QED) is 0.750. The van der Waals surface area contributed by atoms with Crippen molar-refractivity contribution in [2.24, 2.45) is 13.0 Å². The summed E-state index contributed by atoms with van der Waals surface area (Å²) in [4.78, 5) is 31.3. The van der Waals surface area contributed by atoms with E-state index in [4.69, 9.17) is 0 Å². The standard InChI is InChI=1S/C19H21N5O2S/c1-23-16(6-7-22-23)18(25)20-10-13-3-2-8-24(11-13)19(26)14-4-5-17-15(9-14)21-12-27-17/h4-7,9,12-13H,2-3,8,10-11H2,1H3,(H,20,25)/t13-/m1/s1. The smallest absolute Gasteiger partial charge is 0.269 e. The number of nitrogens with one attached hydrogen (secondary N) is 1. The van der Waals surface area contributed by atoms with Crippen molar-refractivity contribution >= 4 is 33.4 Å². The van der Waals surface area contributed by atoms with Crippen molar-refractivity contribution in [2.45, 2.75) is 12.8 Å². The Morgan fingerprint density at radius 3 is 3.04 bits per heavy atom. The SMILES string of the molecule is Cn1nccc1C(=O)NC[C@H]1CCCN(C(=O)c2ccc3scnc3c2)C1. The highest BCUT2D eigenvalue weighted by atomic mass is 32.1. The number of piperidine rings is 1. The number of aromatic nitrogens is 3. The van der Waals surface area contributed by atoms with Gasteiger partial charge in [-0.1, -0.05) is 0 Å². The molecule has 7 nitrogen and oxygen atoms in total. The number of thiazole rings is 1. The van der Waals surface area contributed by atoms with Crippen molar-refractivity contribution in [3.63, 3.8) is 0 Å². The van der Waals surface area contributed by atoms with E-state index < -0.39 is 0 Å². The fraction of sp³-hybridized carbons (Fsp3) is 0.368. The van der Waals surface area contributed by atoms with Gasteiger partial charge in [-0.05, 0) is 43.0 Å². The molecule has 1 atom stereocenters. The fourth-order valence-electron chi connectivity index (χ4n) is 3.51. The van der Waals surface area contributed by atoms with E-state index in [1.165, 1.54) is 0 Å². The zero-order valence-corrected chi connectivity index (χ0v) is 15.9. The normalized spacial score (nSPS) is 17.2. The molecule has 1 fully saturated rings. The zero-order valence-electron chi connectivity index (χ0n) is 15.1. The second-order valence-electron chi connectivity index (χ2n) is 6.84. The topological polar surface area (TPSA) is 80.1 Å². The molecule has 0 aliphatic carbocycles. The first kappa shape index (κ1) is 17.7. The molecule has 1 N–H and O–H groups in total. The maximum atomic E-state index is 12.9. The van der Waals surface area contributed by atoms with E-state index in [0.29, 0.717) is 24.3 Å². The number of carbonyl (C=O) groups excluding carboxylic acids is 2. The summed E-state index contributed by atoms with van der Waals surface area (Å²) in [6.07, 6.45) is 3.55. The van der Waals surface area contributed by atoms with Crippen LogP contribution in [-0.2, 0) is 7.05 Å². The maximum absolute atomic E-state index is 12.9. The molecule has 1 saturated heterocycles. The third-order valence-corrected chi connectivity index (χ3v) is 5.80. The number of hydrogen-bond donors (Lipinski definition) is 1. The second kappa shape index (κ2) is 7.48. The van der Waals surface area contributed by atoms with Crippen LogP contribution in [0, 0.1) is 5.92 Å². The van der Waals surface area contributed by atoms with Crippen LogP contribution in [0.3, 0.4) is 0 Å². The summed E-state index contributed by atoms with van der Waals surface area (Å²) in [7, 11) is 1.75. The van der Waals surface area contributed by atoms with Gasteiger partial charge in [-0.25, -0.2) is 4.98 Å². The highest BCUT2D eigenvalue weighted by Crippen LogP contribution is 2.22. The van der Waals surface area contributed by atoms with Crippen molar-refractivity contribution in [1.82, 2.24) is 25.0 Å². The van der Waals surface area contributed by atoms with Crippen LogP contribution in [0.15, 0.2) is 36.0 Å². The van der Waals surface area contributed by atoms with Crippen LogP contribution in [-0.4, -0.2) is 51.1 Å². The molecule has 1 aromatic carbocycles. The van der Waals surface area contributed by atoms with Crippen molar-refractivity contribution < 1.29 is 9.59 Å². The van der Waals surface area contributed by atoms with E-state index in [9.17, 15) is 9.59 Å². The van der Waals surface area contributed by atoms with Crippen LogP contribution < -0.4 is 5.32 Å². The summed E-state index contributed by atoms with van der Waals surface area (Å²) in [5.74, 6) is 0.155. The van der Waals surface area contributed by atoms with Crippen LogP contribution in [0.25, 0.3) is 10.2 Å². The van der Waals surface area contributed by atoms with E-state index >= 15 is 0 Å². The summed E-state index contributed by atoms with van der Waals surface area (Å²) >= 11 is 1.57. The Kier molecular flexibility index (Phi) is 4.89. The maximum Gasteiger partial charge on any atom is 0.269 e. The number of fused-ring (bicyclic) bond motifs is 1. The average Bonchev–Trinajstić information content (AvgIpc) is 3.33. The fourth-order valence-corrected chi connectivity index (χ4v) is 4.17. The molecule has 0 unspecified atom stereocenters. The van der Waals surface area contributed by atoms with Gasteiger partial charge >= 0.3 is 0 Å². The summed E-state index contributed by atoms with van der Waals surface area (Å²) in [5.41, 5.74) is 3.87. The second-order valence-corrected chi connectivity index (χ2v) is 7.73. The molecule has 140 valence electrons. The molecule has 27 heavy (non-hydrogen) atoms. The number of aryl methyl sites for hydroxylation is 1. The minimum atomic E-state index is -0.132. The highest BCUT2D eigenvalue weighted by Gasteiger charge is 2.25. The lowest BCUT2D eigenvalue weighted by atomic mass is 9.97. The lowest BCUT2D eigenvalue weighted by Crippen LogP contribution is -2.43. The predicted octanol–water partition coefficient (Wildman–Crippen LogP) is 2.31. The summed E-state index contributed by atoms with van der Waals surface area (Å²) in [6.45, 7) is 1.96. The van der Waals surface area contributed by atoms with E-state index in [-0.39, 0.29) is 17.7 Å². The predicted molar refractivity (Wildman–Crippen MR) is 104 cm³/mol. The van der Waals surface area contributed by atoms with Crippen molar-refractivity contribution in [2.75, 3.05) is 19.6 Å². The summed E-state index contributed by atoms with van der Waals surface area (Å²) in [6, 6.07) is 7.38. The number of nitrogens with zero attached hydrogens (tertiary/aromatic N) is 4. The lowest BCUT2D eigenvalue weighted by Gasteiger charge is -2.33. The average molecular weight is 383 g/mol. The molecule has 0 bridgehead atoms. The van der Waals surface area contributed by atoms with E-state index in [0.717, 1.165) is 29.6 Å². The van der Waals surface area contributed by atoms with Crippen molar-refractivity contribution in [1.29, 1.82) is 0 Å². The van der Waals surface area contributed by atoms with Gasteiger partial charge in [-0.3, -0.25) is 14.3 Å². The van der Waals surface area contributed by atoms with Crippen LogP contribution in [0.4, 0.5) is 0 Å². The van der Waals surface area contributed by atoms with Crippen LogP contribution >= 0.6 is 11.3 Å². The van der Waals surface area contributed by atoms with Crippen LogP contribution in [0.1, 0.15) is 33.7 Å². The highest BCUT2D eigenvalue weighted by molar-refractivity contribution is 7.16. The Bertz CT molecular complexity index is 979. The molecule has 1 aliphatic rings. The molecule has 2 amide bonds. The monoisotopic (exact) mass is 383 g/mol. The Hall–Kier alpha value is -2.74. The first-order chi connectivity index (χ1) is 13.1. The van der Waals surface area contributed by atoms with E-state index in [1.54, 1.807) is 40.8 Å². The van der Waals surface area contributed by atoms with Crippen LogP contribution in [0.2, 0.25) is 0 Å². The van der Waals surface area contributed by atoms with Gasteiger partial charge in [0.1, 0.15) is 5.69 Å². The molecule has 3 aromatic rings. The number of carbonyl (C=O) groups is 2. The lowest BCUT2D eigenvalue weighted by molar-refractivity contribution is 0.0671. The Morgan fingerprint density at radius 2 is 2.22 bits per heavy atom. The van der Waals surface area contributed by atoms with Gasteiger partial charge < -0.3 is 10.2 Å². The van der Waals surface area contributed by atoms with Gasteiger partial charge in [0.05, 0.1) is 15.7 Å². The molecular formula is C19H21N5O2S. The van der Waals surface area contributed by atoms with Crippen molar-refractivity contribution in [3.8, 4) is 0 Å². The number of amides is 2. The molecule has 2 aromatic heterocycles. The molecule has 4 rings (SSSR count). The van der Waals surface area contributed by atoms with Gasteiger partial charge in [-0.2, -0.15) is 5.10 Å². The molecular weight excluding hydrogens is 362 g/mol. The van der Waals surface area contributed by atoms with Crippen LogP contribution in [0.5, 0.6) is 0 Å². The summed E-state index contributed by atoms with van der Waals surface area (Å²) in [5, 5.41) is 6.99.